The van der Waals surface area contributed by atoms with Crippen molar-refractivity contribution in [2.45, 2.75) is 36.7 Å². The minimum absolute atomic E-state index is 0.211. The molecule has 1 aliphatic heterocycles. The zero-order valence-electron chi connectivity index (χ0n) is 16.4. The molecule has 3 aromatic rings. The average molecular weight is 426 g/mol. The maximum Gasteiger partial charge on any atom is 0.243 e. The number of sulfonamides is 1. The number of nitrogens with one attached hydrogen (secondary N) is 1. The molecule has 9 heteroatoms. The molecule has 30 heavy (non-hydrogen) atoms. The first kappa shape index (κ1) is 20.2. The van der Waals surface area contributed by atoms with Gasteiger partial charge in [-0.05, 0) is 48.7 Å². The van der Waals surface area contributed by atoms with Crippen molar-refractivity contribution in [2.75, 3.05) is 6.54 Å². The van der Waals surface area contributed by atoms with Crippen LogP contribution in [0, 0.1) is 0 Å². The van der Waals surface area contributed by atoms with Gasteiger partial charge in [-0.15, -0.1) is 0 Å². The predicted octanol–water partition coefficient (Wildman–Crippen LogP) is 2.13. The molecule has 1 unspecified atom stereocenters. The van der Waals surface area contributed by atoms with Crippen LogP contribution in [0.25, 0.3) is 5.82 Å². The largest absolute Gasteiger partial charge is 0.351 e. The summed E-state index contributed by atoms with van der Waals surface area (Å²) in [6.45, 7) is 0.624. The fraction of sp³-hybridized carbons (Fsp3) is 0.286. The Morgan fingerprint density at radius 1 is 1.10 bits per heavy atom. The molecule has 1 N–H and O–H groups in total. The summed E-state index contributed by atoms with van der Waals surface area (Å²) in [7, 11) is -3.72. The first-order valence-corrected chi connectivity index (χ1v) is 11.3. The second-order valence-electron chi connectivity index (χ2n) is 7.13. The molecule has 1 amide bonds. The van der Waals surface area contributed by atoms with Gasteiger partial charge in [0.25, 0.3) is 0 Å². The number of carbonyl (C=O) groups excluding carboxylic acids is 1. The van der Waals surface area contributed by atoms with Crippen LogP contribution >= 0.6 is 0 Å². The number of amides is 1. The van der Waals surface area contributed by atoms with E-state index in [1.807, 2.05) is 12.1 Å². The lowest BCUT2D eigenvalue weighted by Gasteiger charge is -2.33. The minimum Gasteiger partial charge on any atom is -0.351 e. The lowest BCUT2D eigenvalue weighted by Crippen LogP contribution is -2.51. The molecule has 0 bridgehead atoms. The molecule has 3 heterocycles. The monoisotopic (exact) mass is 425 g/mol. The number of hydrogen-bond acceptors (Lipinski definition) is 5. The number of aromatic nitrogens is 3. The molecule has 1 fully saturated rings. The van der Waals surface area contributed by atoms with Crippen LogP contribution in [0.5, 0.6) is 0 Å². The van der Waals surface area contributed by atoms with Crippen molar-refractivity contribution < 1.29 is 13.2 Å². The van der Waals surface area contributed by atoms with Gasteiger partial charge in [0.1, 0.15) is 6.04 Å². The summed E-state index contributed by atoms with van der Waals surface area (Å²) in [6.07, 6.45) is 7.18. The van der Waals surface area contributed by atoms with Gasteiger partial charge in [-0.3, -0.25) is 4.79 Å². The van der Waals surface area contributed by atoms with E-state index in [1.165, 1.54) is 4.31 Å². The lowest BCUT2D eigenvalue weighted by molar-refractivity contribution is -0.125. The molecule has 8 nitrogen and oxygen atoms in total. The highest BCUT2D eigenvalue weighted by molar-refractivity contribution is 7.89. The fourth-order valence-electron chi connectivity index (χ4n) is 3.59. The molecule has 1 aliphatic rings. The summed E-state index contributed by atoms with van der Waals surface area (Å²) in [6, 6.07) is 13.0. The predicted molar refractivity (Wildman–Crippen MR) is 111 cm³/mol. The van der Waals surface area contributed by atoms with Gasteiger partial charge in [-0.2, -0.15) is 9.40 Å². The number of benzene rings is 1. The Kier molecular flexibility index (Phi) is 5.91. The second kappa shape index (κ2) is 8.76. The third-order valence-electron chi connectivity index (χ3n) is 5.12. The van der Waals surface area contributed by atoms with E-state index in [-0.39, 0.29) is 17.3 Å². The zero-order valence-corrected chi connectivity index (χ0v) is 17.2. The average Bonchev–Trinajstić information content (AvgIpc) is 3.33. The van der Waals surface area contributed by atoms with E-state index in [0.717, 1.165) is 18.4 Å². The summed E-state index contributed by atoms with van der Waals surface area (Å²) in [5, 5.41) is 7.05. The highest BCUT2D eigenvalue weighted by Gasteiger charge is 2.37. The minimum atomic E-state index is -3.72. The number of carbonyl (C=O) groups is 1. The van der Waals surface area contributed by atoms with Gasteiger partial charge < -0.3 is 5.32 Å². The first-order chi connectivity index (χ1) is 14.6. The summed E-state index contributed by atoms with van der Waals surface area (Å²) in [4.78, 5) is 17.4. The van der Waals surface area contributed by atoms with Crippen LogP contribution in [0.3, 0.4) is 0 Å². The van der Waals surface area contributed by atoms with E-state index < -0.39 is 16.1 Å². The molecular formula is C21H23N5O3S. The topological polar surface area (TPSA) is 97.2 Å². The Hall–Kier alpha value is -3.04. The molecule has 1 saturated heterocycles. The van der Waals surface area contributed by atoms with Crippen LogP contribution in [0.2, 0.25) is 0 Å². The summed E-state index contributed by atoms with van der Waals surface area (Å²) in [5.74, 6) is 0.365. The number of rotatable bonds is 6. The smallest absolute Gasteiger partial charge is 0.243 e. The van der Waals surface area contributed by atoms with Crippen molar-refractivity contribution >= 4 is 15.9 Å². The second-order valence-corrected chi connectivity index (χ2v) is 9.02. The van der Waals surface area contributed by atoms with Gasteiger partial charge in [0.15, 0.2) is 5.82 Å². The molecule has 0 aliphatic carbocycles. The summed E-state index contributed by atoms with van der Waals surface area (Å²) >= 11 is 0. The Morgan fingerprint density at radius 3 is 2.70 bits per heavy atom. The number of pyridine rings is 1. The number of hydrogen-bond donors (Lipinski definition) is 1. The molecule has 2 aromatic heterocycles. The highest BCUT2D eigenvalue weighted by Crippen LogP contribution is 2.25. The first-order valence-electron chi connectivity index (χ1n) is 9.85. The summed E-state index contributed by atoms with van der Waals surface area (Å²) < 4.78 is 29.1. The number of nitrogens with zero attached hydrogens (tertiary/aromatic N) is 4. The van der Waals surface area contributed by atoms with Crippen LogP contribution in [0.15, 0.2) is 72.0 Å². The Balaban J connectivity index is 1.47. The van der Waals surface area contributed by atoms with Crippen molar-refractivity contribution in [1.29, 1.82) is 0 Å². The van der Waals surface area contributed by atoms with Crippen molar-refractivity contribution in [3.8, 4) is 5.82 Å². The van der Waals surface area contributed by atoms with Gasteiger partial charge in [0, 0.05) is 31.7 Å². The summed E-state index contributed by atoms with van der Waals surface area (Å²) in [5.41, 5.74) is 0.858. The molecule has 0 spiro atoms. The van der Waals surface area contributed by atoms with Crippen molar-refractivity contribution in [1.82, 2.24) is 24.4 Å². The van der Waals surface area contributed by atoms with Crippen molar-refractivity contribution in [3.05, 3.63) is 72.7 Å². The third kappa shape index (κ3) is 4.27. The molecule has 1 atom stereocenters. The van der Waals surface area contributed by atoms with Gasteiger partial charge in [0.05, 0.1) is 4.90 Å². The van der Waals surface area contributed by atoms with E-state index in [4.69, 9.17) is 0 Å². The van der Waals surface area contributed by atoms with E-state index in [0.29, 0.717) is 18.8 Å². The Bertz CT molecular complexity index is 1100. The van der Waals surface area contributed by atoms with Crippen LogP contribution < -0.4 is 5.32 Å². The standard InChI is InChI=1S/C21H23N5O3S/c27-21(23-16-17-10-12-22-20(15-17)25-13-6-11-24-25)19-9-4-5-14-26(19)30(28,29)18-7-2-1-3-8-18/h1-3,6-8,10-13,15,19H,4-5,9,14,16H2,(H,23,27). The normalized spacial score (nSPS) is 17.5. The van der Waals surface area contributed by atoms with Gasteiger partial charge in [-0.25, -0.2) is 18.1 Å². The highest BCUT2D eigenvalue weighted by atomic mass is 32.2. The van der Waals surface area contributed by atoms with E-state index in [9.17, 15) is 13.2 Å². The molecule has 0 saturated carbocycles. The van der Waals surface area contributed by atoms with E-state index in [1.54, 1.807) is 59.7 Å². The SMILES string of the molecule is O=C(NCc1ccnc(-n2cccn2)c1)C1CCCCN1S(=O)(=O)c1ccccc1. The van der Waals surface area contributed by atoms with Crippen molar-refractivity contribution in [3.63, 3.8) is 0 Å². The van der Waals surface area contributed by atoms with Crippen LogP contribution in [-0.2, 0) is 21.4 Å². The van der Waals surface area contributed by atoms with Crippen LogP contribution in [-0.4, -0.2) is 46.0 Å². The van der Waals surface area contributed by atoms with Gasteiger partial charge in [0.2, 0.25) is 15.9 Å². The Morgan fingerprint density at radius 2 is 1.93 bits per heavy atom. The molecule has 1 aromatic carbocycles. The maximum absolute atomic E-state index is 13.1. The molecule has 0 radical (unpaired) electrons. The van der Waals surface area contributed by atoms with Gasteiger partial charge >= 0.3 is 0 Å². The van der Waals surface area contributed by atoms with Gasteiger partial charge in [-0.1, -0.05) is 24.6 Å². The number of piperidine rings is 1. The zero-order chi connectivity index (χ0) is 21.0. The molecular weight excluding hydrogens is 402 g/mol. The van der Waals surface area contributed by atoms with Crippen LogP contribution in [0.1, 0.15) is 24.8 Å². The van der Waals surface area contributed by atoms with E-state index in [2.05, 4.69) is 15.4 Å². The van der Waals surface area contributed by atoms with Crippen molar-refractivity contribution in [2.24, 2.45) is 0 Å². The molecule has 156 valence electrons. The Labute approximate surface area is 175 Å². The maximum atomic E-state index is 13.1. The fourth-order valence-corrected chi connectivity index (χ4v) is 5.27. The third-order valence-corrected chi connectivity index (χ3v) is 7.04. The molecule has 4 rings (SSSR count). The lowest BCUT2D eigenvalue weighted by atomic mass is 10.0. The van der Waals surface area contributed by atoms with E-state index >= 15 is 0 Å². The quantitative estimate of drug-likeness (QED) is 0.653. The van der Waals surface area contributed by atoms with Crippen LogP contribution in [0.4, 0.5) is 0 Å².